The SMILES string of the molecule is COc1ccc(C(=O)NCCCCN2CCC(C)CC2)cc1S(=O)(=O)NC1CCCC1. The number of likely N-dealkylation sites (tertiary alicyclic amines) is 1. The number of unbranched alkanes of at least 4 members (excludes halogenated alkanes) is 1. The molecule has 2 aliphatic rings. The average molecular weight is 452 g/mol. The van der Waals surface area contributed by atoms with Gasteiger partial charge in [0.05, 0.1) is 7.11 Å². The highest BCUT2D eigenvalue weighted by Gasteiger charge is 2.26. The molecule has 1 amide bonds. The molecular weight excluding hydrogens is 414 g/mol. The highest BCUT2D eigenvalue weighted by molar-refractivity contribution is 7.89. The first-order valence-corrected chi connectivity index (χ1v) is 13.1. The standard InChI is InChI=1S/C23H37N3O4S/c1-18-11-15-26(16-12-18)14-6-5-13-24-23(27)19-9-10-21(30-2)22(17-19)31(28,29)25-20-7-3-4-8-20/h9-10,17-18,20,25H,3-8,11-16H2,1-2H3,(H,24,27). The first kappa shape index (κ1) is 24.0. The maximum Gasteiger partial charge on any atom is 0.251 e. The molecule has 1 heterocycles. The molecule has 1 saturated carbocycles. The van der Waals surface area contributed by atoms with Crippen LogP contribution in [0.25, 0.3) is 0 Å². The summed E-state index contributed by atoms with van der Waals surface area (Å²) in [6, 6.07) is 4.53. The van der Waals surface area contributed by atoms with Gasteiger partial charge in [0.15, 0.2) is 0 Å². The Morgan fingerprint density at radius 3 is 2.52 bits per heavy atom. The van der Waals surface area contributed by atoms with Crippen molar-refractivity contribution < 1.29 is 17.9 Å². The van der Waals surface area contributed by atoms with Crippen molar-refractivity contribution in [2.75, 3.05) is 33.3 Å². The summed E-state index contributed by atoms with van der Waals surface area (Å²) in [5.41, 5.74) is 0.331. The van der Waals surface area contributed by atoms with Crippen LogP contribution in [0.3, 0.4) is 0 Å². The van der Waals surface area contributed by atoms with E-state index in [1.54, 1.807) is 12.1 Å². The van der Waals surface area contributed by atoms with Gasteiger partial charge in [0.1, 0.15) is 10.6 Å². The van der Waals surface area contributed by atoms with Crippen molar-refractivity contribution in [3.63, 3.8) is 0 Å². The fourth-order valence-corrected chi connectivity index (χ4v) is 5.90. The second-order valence-electron chi connectivity index (χ2n) is 8.96. The topological polar surface area (TPSA) is 87.7 Å². The molecule has 174 valence electrons. The number of ether oxygens (including phenoxy) is 1. The minimum Gasteiger partial charge on any atom is -0.495 e. The molecule has 1 aliphatic carbocycles. The second kappa shape index (κ2) is 11.3. The van der Waals surface area contributed by atoms with E-state index < -0.39 is 10.0 Å². The number of methoxy groups -OCH3 is 1. The number of carbonyl (C=O) groups excluding carboxylic acids is 1. The summed E-state index contributed by atoms with van der Waals surface area (Å²) in [5.74, 6) is 0.826. The Bertz CT molecular complexity index is 829. The van der Waals surface area contributed by atoms with Gasteiger partial charge < -0.3 is 15.0 Å². The number of carbonyl (C=O) groups is 1. The molecule has 0 unspecified atom stereocenters. The maximum absolute atomic E-state index is 12.9. The minimum atomic E-state index is -3.75. The average Bonchev–Trinajstić information content (AvgIpc) is 3.26. The molecule has 2 N–H and O–H groups in total. The van der Waals surface area contributed by atoms with E-state index in [0.717, 1.165) is 51.0 Å². The Morgan fingerprint density at radius 1 is 1.13 bits per heavy atom. The molecule has 31 heavy (non-hydrogen) atoms. The van der Waals surface area contributed by atoms with Gasteiger partial charge in [-0.3, -0.25) is 4.79 Å². The first-order valence-electron chi connectivity index (χ1n) is 11.6. The van der Waals surface area contributed by atoms with Gasteiger partial charge in [0.2, 0.25) is 10.0 Å². The van der Waals surface area contributed by atoms with Crippen LogP contribution in [0, 0.1) is 5.92 Å². The van der Waals surface area contributed by atoms with Crippen LogP contribution in [0.1, 0.15) is 68.6 Å². The van der Waals surface area contributed by atoms with Crippen molar-refractivity contribution in [1.29, 1.82) is 0 Å². The summed E-state index contributed by atoms with van der Waals surface area (Å²) in [6.07, 6.45) is 8.25. The lowest BCUT2D eigenvalue weighted by molar-refractivity contribution is 0.0952. The molecule has 2 fully saturated rings. The van der Waals surface area contributed by atoms with Gasteiger partial charge in [-0.2, -0.15) is 0 Å². The summed E-state index contributed by atoms with van der Waals surface area (Å²) >= 11 is 0. The van der Waals surface area contributed by atoms with Crippen LogP contribution in [0.5, 0.6) is 5.75 Å². The van der Waals surface area contributed by atoms with E-state index in [9.17, 15) is 13.2 Å². The normalized spacial score (nSPS) is 18.9. The maximum atomic E-state index is 12.9. The molecule has 1 aliphatic heterocycles. The van der Waals surface area contributed by atoms with Gasteiger partial charge in [-0.1, -0.05) is 19.8 Å². The second-order valence-corrected chi connectivity index (χ2v) is 10.6. The summed E-state index contributed by atoms with van der Waals surface area (Å²) in [5, 5.41) is 2.92. The van der Waals surface area contributed by atoms with Gasteiger partial charge >= 0.3 is 0 Å². The third-order valence-electron chi connectivity index (χ3n) is 6.46. The van der Waals surface area contributed by atoms with Gasteiger partial charge in [-0.05, 0) is 82.3 Å². The fourth-order valence-electron chi connectivity index (χ4n) is 4.40. The quantitative estimate of drug-likeness (QED) is 0.534. The number of nitrogens with one attached hydrogen (secondary N) is 2. The predicted octanol–water partition coefficient (Wildman–Crippen LogP) is 3.16. The van der Waals surface area contributed by atoms with E-state index in [0.29, 0.717) is 12.1 Å². The third kappa shape index (κ3) is 6.92. The Morgan fingerprint density at radius 2 is 1.84 bits per heavy atom. The van der Waals surface area contributed by atoms with Crippen molar-refractivity contribution in [1.82, 2.24) is 14.9 Å². The van der Waals surface area contributed by atoms with Crippen molar-refractivity contribution in [3.05, 3.63) is 23.8 Å². The molecule has 3 rings (SSSR count). The summed E-state index contributed by atoms with van der Waals surface area (Å²) in [7, 11) is -2.31. The van der Waals surface area contributed by atoms with E-state index in [1.165, 1.54) is 39.1 Å². The van der Waals surface area contributed by atoms with E-state index >= 15 is 0 Å². The largest absolute Gasteiger partial charge is 0.495 e. The molecule has 1 aromatic carbocycles. The molecule has 0 aromatic heterocycles. The predicted molar refractivity (Wildman–Crippen MR) is 122 cm³/mol. The Balaban J connectivity index is 1.51. The number of benzene rings is 1. The number of nitrogens with zero attached hydrogens (tertiary/aromatic N) is 1. The lowest BCUT2D eigenvalue weighted by Gasteiger charge is -2.30. The third-order valence-corrected chi connectivity index (χ3v) is 8.00. The van der Waals surface area contributed by atoms with Crippen LogP contribution in [-0.2, 0) is 10.0 Å². The van der Waals surface area contributed by atoms with Crippen molar-refractivity contribution in [2.24, 2.45) is 5.92 Å². The van der Waals surface area contributed by atoms with Crippen LogP contribution < -0.4 is 14.8 Å². The summed E-state index contributed by atoms with van der Waals surface area (Å²) in [6.45, 7) is 6.31. The van der Waals surface area contributed by atoms with E-state index in [1.807, 2.05) is 0 Å². The van der Waals surface area contributed by atoms with Crippen LogP contribution in [-0.4, -0.2) is 58.6 Å². The molecule has 0 atom stereocenters. The number of hydrogen-bond donors (Lipinski definition) is 2. The van der Waals surface area contributed by atoms with Crippen LogP contribution >= 0.6 is 0 Å². The molecule has 1 aromatic rings. The number of piperidine rings is 1. The lowest BCUT2D eigenvalue weighted by Crippen LogP contribution is -2.34. The zero-order valence-corrected chi connectivity index (χ0v) is 19.7. The first-order chi connectivity index (χ1) is 14.9. The van der Waals surface area contributed by atoms with Gasteiger partial charge in [0.25, 0.3) is 5.91 Å². The van der Waals surface area contributed by atoms with Gasteiger partial charge in [-0.15, -0.1) is 0 Å². The highest BCUT2D eigenvalue weighted by atomic mass is 32.2. The smallest absolute Gasteiger partial charge is 0.251 e. The van der Waals surface area contributed by atoms with Crippen molar-refractivity contribution >= 4 is 15.9 Å². The van der Waals surface area contributed by atoms with Crippen molar-refractivity contribution in [2.45, 2.75) is 69.2 Å². The number of rotatable bonds is 10. The van der Waals surface area contributed by atoms with Crippen LogP contribution in [0.4, 0.5) is 0 Å². The van der Waals surface area contributed by atoms with Gasteiger partial charge in [-0.25, -0.2) is 13.1 Å². The molecule has 8 heteroatoms. The molecule has 1 saturated heterocycles. The Kier molecular flexibility index (Phi) is 8.75. The molecule has 0 bridgehead atoms. The number of sulfonamides is 1. The monoisotopic (exact) mass is 451 g/mol. The van der Waals surface area contributed by atoms with Crippen LogP contribution in [0.2, 0.25) is 0 Å². The van der Waals surface area contributed by atoms with E-state index in [4.69, 9.17) is 4.74 Å². The Labute approximate surface area is 187 Å². The molecular formula is C23H37N3O4S. The summed E-state index contributed by atoms with van der Waals surface area (Å²) in [4.78, 5) is 15.1. The summed E-state index contributed by atoms with van der Waals surface area (Å²) < 4.78 is 33.8. The van der Waals surface area contributed by atoms with Gasteiger partial charge in [0, 0.05) is 18.2 Å². The Hall–Kier alpha value is -1.64. The lowest BCUT2D eigenvalue weighted by atomic mass is 9.99. The van der Waals surface area contributed by atoms with E-state index in [-0.39, 0.29) is 22.6 Å². The van der Waals surface area contributed by atoms with Crippen LogP contribution in [0.15, 0.2) is 23.1 Å². The molecule has 0 radical (unpaired) electrons. The number of amides is 1. The van der Waals surface area contributed by atoms with Crippen molar-refractivity contribution in [3.8, 4) is 5.75 Å². The highest BCUT2D eigenvalue weighted by Crippen LogP contribution is 2.27. The molecule has 7 nitrogen and oxygen atoms in total. The zero-order chi connectivity index (χ0) is 22.3. The number of hydrogen-bond acceptors (Lipinski definition) is 5. The van der Waals surface area contributed by atoms with E-state index in [2.05, 4.69) is 21.9 Å². The minimum absolute atomic E-state index is 0.0221. The molecule has 0 spiro atoms. The zero-order valence-electron chi connectivity index (χ0n) is 18.9. The fraction of sp³-hybridized carbons (Fsp3) is 0.696.